The molecule has 0 spiro atoms. The third kappa shape index (κ3) is 2.63. The molecule has 2 aromatic carbocycles. The van der Waals surface area contributed by atoms with Crippen molar-refractivity contribution in [1.29, 1.82) is 0 Å². The summed E-state index contributed by atoms with van der Waals surface area (Å²) in [6.45, 7) is 0.972. The number of fused-ring (bicyclic) bond motifs is 1. The highest BCUT2D eigenvalue weighted by atomic mass is 79.9. The zero-order valence-corrected chi connectivity index (χ0v) is 11.8. The number of nitrogens with one attached hydrogen (secondary N) is 2. The first-order valence-corrected chi connectivity index (χ1v) is 6.95. The lowest BCUT2D eigenvalue weighted by atomic mass is 10.1. The Labute approximate surface area is 120 Å². The minimum Gasteiger partial charge on any atom is -0.384 e. The Morgan fingerprint density at radius 2 is 1.95 bits per heavy atom. The highest BCUT2D eigenvalue weighted by molar-refractivity contribution is 9.10. The van der Waals surface area contributed by atoms with Crippen molar-refractivity contribution >= 4 is 33.2 Å². The summed E-state index contributed by atoms with van der Waals surface area (Å²) in [5, 5.41) is 6.23. The van der Waals surface area contributed by atoms with Crippen LogP contribution in [0.5, 0.6) is 0 Å². The van der Waals surface area contributed by atoms with Gasteiger partial charge in [-0.3, -0.25) is 4.79 Å². The second kappa shape index (κ2) is 5.05. The number of halogens is 1. The van der Waals surface area contributed by atoms with Gasteiger partial charge in [0.05, 0.1) is 0 Å². The van der Waals surface area contributed by atoms with Crippen LogP contribution in [-0.4, -0.2) is 12.5 Å². The van der Waals surface area contributed by atoms with Crippen molar-refractivity contribution in [2.45, 2.75) is 6.42 Å². The summed E-state index contributed by atoms with van der Waals surface area (Å²) >= 11 is 3.36. The minimum absolute atomic E-state index is 0.0848. The lowest BCUT2D eigenvalue weighted by Crippen LogP contribution is -2.11. The van der Waals surface area contributed by atoms with Crippen LogP contribution in [0.25, 0.3) is 0 Å². The van der Waals surface area contributed by atoms with E-state index in [-0.39, 0.29) is 5.91 Å². The van der Waals surface area contributed by atoms with E-state index >= 15 is 0 Å². The van der Waals surface area contributed by atoms with Crippen LogP contribution in [0.15, 0.2) is 46.9 Å². The molecule has 96 valence electrons. The molecule has 0 atom stereocenters. The topological polar surface area (TPSA) is 41.1 Å². The van der Waals surface area contributed by atoms with Gasteiger partial charge in [-0.2, -0.15) is 0 Å². The normalized spacial score (nSPS) is 12.7. The first-order chi connectivity index (χ1) is 9.22. The molecule has 0 radical (unpaired) electrons. The molecule has 3 rings (SSSR count). The van der Waals surface area contributed by atoms with Crippen LogP contribution < -0.4 is 10.6 Å². The molecule has 1 heterocycles. The first-order valence-electron chi connectivity index (χ1n) is 6.16. The van der Waals surface area contributed by atoms with E-state index in [0.717, 1.165) is 23.1 Å². The average Bonchev–Trinajstić information content (AvgIpc) is 2.87. The van der Waals surface area contributed by atoms with Crippen LogP contribution in [0.3, 0.4) is 0 Å². The van der Waals surface area contributed by atoms with E-state index in [1.54, 1.807) is 12.1 Å². The average molecular weight is 317 g/mol. The van der Waals surface area contributed by atoms with Gasteiger partial charge < -0.3 is 10.6 Å². The fourth-order valence-corrected chi connectivity index (χ4v) is 2.45. The SMILES string of the molecule is O=C(Nc1ccc2c(c1)CCN2)c1ccc(Br)cc1. The van der Waals surface area contributed by atoms with Crippen LogP contribution in [0.1, 0.15) is 15.9 Å². The van der Waals surface area contributed by atoms with Gasteiger partial charge in [0.2, 0.25) is 0 Å². The molecule has 3 nitrogen and oxygen atoms in total. The minimum atomic E-state index is -0.0848. The molecule has 0 aromatic heterocycles. The maximum absolute atomic E-state index is 12.1. The number of carbonyl (C=O) groups excluding carboxylic acids is 1. The van der Waals surface area contributed by atoms with Crippen molar-refractivity contribution in [3.63, 3.8) is 0 Å². The molecule has 0 fully saturated rings. The summed E-state index contributed by atoms with van der Waals surface area (Å²) in [4.78, 5) is 12.1. The molecule has 1 amide bonds. The lowest BCUT2D eigenvalue weighted by molar-refractivity contribution is 0.102. The number of anilines is 2. The molecular formula is C15H13BrN2O. The zero-order valence-electron chi connectivity index (χ0n) is 10.2. The van der Waals surface area contributed by atoms with Gasteiger partial charge in [-0.15, -0.1) is 0 Å². The van der Waals surface area contributed by atoms with Gasteiger partial charge in [-0.05, 0) is 54.4 Å². The number of benzene rings is 2. The Kier molecular flexibility index (Phi) is 3.25. The van der Waals surface area contributed by atoms with E-state index in [0.29, 0.717) is 5.56 Å². The van der Waals surface area contributed by atoms with Crippen molar-refractivity contribution in [3.8, 4) is 0 Å². The van der Waals surface area contributed by atoms with Crippen molar-refractivity contribution in [2.24, 2.45) is 0 Å². The lowest BCUT2D eigenvalue weighted by Gasteiger charge is -2.07. The summed E-state index contributed by atoms with van der Waals surface area (Å²) in [6.07, 6.45) is 1.01. The Bertz CT molecular complexity index is 623. The van der Waals surface area contributed by atoms with E-state index in [1.807, 2.05) is 30.3 Å². The predicted molar refractivity (Wildman–Crippen MR) is 80.7 cm³/mol. The molecule has 0 bridgehead atoms. The van der Waals surface area contributed by atoms with E-state index in [1.165, 1.54) is 11.3 Å². The van der Waals surface area contributed by atoms with Crippen molar-refractivity contribution in [3.05, 3.63) is 58.1 Å². The summed E-state index contributed by atoms with van der Waals surface area (Å²) in [7, 11) is 0. The van der Waals surface area contributed by atoms with Crippen molar-refractivity contribution in [1.82, 2.24) is 0 Å². The van der Waals surface area contributed by atoms with E-state index in [2.05, 4.69) is 26.6 Å². The molecule has 0 aliphatic carbocycles. The predicted octanol–water partition coefficient (Wildman–Crippen LogP) is 3.67. The quantitative estimate of drug-likeness (QED) is 0.887. The Hall–Kier alpha value is -1.81. The molecule has 4 heteroatoms. The Balaban J connectivity index is 1.77. The van der Waals surface area contributed by atoms with Crippen LogP contribution in [0.4, 0.5) is 11.4 Å². The maximum atomic E-state index is 12.1. The van der Waals surface area contributed by atoms with E-state index in [9.17, 15) is 4.79 Å². The van der Waals surface area contributed by atoms with Gasteiger partial charge in [0.15, 0.2) is 0 Å². The third-order valence-electron chi connectivity index (χ3n) is 3.18. The molecule has 2 aromatic rings. The molecule has 0 unspecified atom stereocenters. The Morgan fingerprint density at radius 1 is 1.16 bits per heavy atom. The highest BCUT2D eigenvalue weighted by Gasteiger charge is 2.11. The van der Waals surface area contributed by atoms with Crippen LogP contribution in [-0.2, 0) is 6.42 Å². The fraction of sp³-hybridized carbons (Fsp3) is 0.133. The van der Waals surface area contributed by atoms with Crippen LogP contribution in [0, 0.1) is 0 Å². The molecule has 0 saturated carbocycles. The Morgan fingerprint density at radius 3 is 2.74 bits per heavy atom. The summed E-state index contributed by atoms with van der Waals surface area (Å²) < 4.78 is 0.965. The number of amides is 1. The molecule has 0 saturated heterocycles. The number of hydrogen-bond donors (Lipinski definition) is 2. The van der Waals surface area contributed by atoms with Gasteiger partial charge in [-0.25, -0.2) is 0 Å². The van der Waals surface area contributed by atoms with Crippen LogP contribution >= 0.6 is 15.9 Å². The summed E-state index contributed by atoms with van der Waals surface area (Å²) in [5.41, 5.74) is 3.92. The zero-order chi connectivity index (χ0) is 13.2. The molecule has 1 aliphatic heterocycles. The summed E-state index contributed by atoms with van der Waals surface area (Å²) in [6, 6.07) is 13.3. The van der Waals surface area contributed by atoms with E-state index in [4.69, 9.17) is 0 Å². The largest absolute Gasteiger partial charge is 0.384 e. The monoisotopic (exact) mass is 316 g/mol. The second-order valence-corrected chi connectivity index (χ2v) is 5.43. The van der Waals surface area contributed by atoms with E-state index < -0.39 is 0 Å². The second-order valence-electron chi connectivity index (χ2n) is 4.51. The number of rotatable bonds is 2. The smallest absolute Gasteiger partial charge is 0.255 e. The van der Waals surface area contributed by atoms with Crippen molar-refractivity contribution < 1.29 is 4.79 Å². The molecule has 2 N–H and O–H groups in total. The highest BCUT2D eigenvalue weighted by Crippen LogP contribution is 2.25. The molecule has 19 heavy (non-hydrogen) atoms. The van der Waals surface area contributed by atoms with Crippen molar-refractivity contribution in [2.75, 3.05) is 17.2 Å². The standard InChI is InChI=1S/C15H13BrN2O/c16-12-3-1-10(2-4-12)15(19)18-13-5-6-14-11(9-13)7-8-17-14/h1-6,9,17H,7-8H2,(H,18,19). The fourth-order valence-electron chi connectivity index (χ4n) is 2.19. The van der Waals surface area contributed by atoms with Gasteiger partial charge >= 0.3 is 0 Å². The van der Waals surface area contributed by atoms with Gasteiger partial charge in [0, 0.05) is 28.0 Å². The summed E-state index contributed by atoms with van der Waals surface area (Å²) in [5.74, 6) is -0.0848. The maximum Gasteiger partial charge on any atom is 0.255 e. The van der Waals surface area contributed by atoms with Crippen LogP contribution in [0.2, 0.25) is 0 Å². The van der Waals surface area contributed by atoms with Gasteiger partial charge in [0.25, 0.3) is 5.91 Å². The van der Waals surface area contributed by atoms with Gasteiger partial charge in [0.1, 0.15) is 0 Å². The first kappa shape index (κ1) is 12.2. The molecular weight excluding hydrogens is 304 g/mol. The number of hydrogen-bond acceptors (Lipinski definition) is 2. The number of carbonyl (C=O) groups is 1. The third-order valence-corrected chi connectivity index (χ3v) is 3.71. The molecule has 1 aliphatic rings. The van der Waals surface area contributed by atoms with Gasteiger partial charge in [-0.1, -0.05) is 15.9 Å².